The molecule has 0 bridgehead atoms. The summed E-state index contributed by atoms with van der Waals surface area (Å²) >= 11 is 0. The summed E-state index contributed by atoms with van der Waals surface area (Å²) in [6.07, 6.45) is 3.50. The molecular formula is C19H26N2O3. The van der Waals surface area contributed by atoms with E-state index in [0.717, 1.165) is 38.4 Å². The highest BCUT2D eigenvalue weighted by atomic mass is 16.5. The van der Waals surface area contributed by atoms with E-state index in [1.807, 2.05) is 23.1 Å². The summed E-state index contributed by atoms with van der Waals surface area (Å²) in [6.45, 7) is 7.01. The van der Waals surface area contributed by atoms with Gasteiger partial charge in [-0.3, -0.25) is 4.79 Å². The van der Waals surface area contributed by atoms with Crippen LogP contribution in [-0.2, 0) is 9.53 Å². The number of amides is 1. The van der Waals surface area contributed by atoms with Crippen LogP contribution in [0.4, 0.5) is 5.69 Å². The van der Waals surface area contributed by atoms with Crippen molar-refractivity contribution in [1.82, 2.24) is 4.90 Å². The Hall–Kier alpha value is -1.85. The molecule has 24 heavy (non-hydrogen) atoms. The van der Waals surface area contributed by atoms with Gasteiger partial charge in [-0.25, -0.2) is 0 Å². The predicted molar refractivity (Wildman–Crippen MR) is 94.8 cm³/mol. The first-order valence-electron chi connectivity index (χ1n) is 8.68. The number of carbonyl (C=O) groups excluding carboxylic acids is 1. The zero-order valence-electron chi connectivity index (χ0n) is 14.2. The van der Waals surface area contributed by atoms with Gasteiger partial charge in [-0.1, -0.05) is 19.1 Å². The highest BCUT2D eigenvalue weighted by molar-refractivity contribution is 5.92. The van der Waals surface area contributed by atoms with E-state index in [0.29, 0.717) is 12.5 Å². The van der Waals surface area contributed by atoms with Crippen molar-refractivity contribution in [2.45, 2.75) is 6.92 Å². The molecule has 5 nitrogen and oxygen atoms in total. The molecule has 5 heteroatoms. The first kappa shape index (κ1) is 17.0. The molecule has 2 heterocycles. The summed E-state index contributed by atoms with van der Waals surface area (Å²) in [4.78, 5) is 16.4. The number of rotatable bonds is 4. The lowest BCUT2D eigenvalue weighted by molar-refractivity contribution is -0.125. The third-order valence-corrected chi connectivity index (χ3v) is 5.00. The van der Waals surface area contributed by atoms with Crippen LogP contribution in [0, 0.1) is 11.8 Å². The van der Waals surface area contributed by atoms with Crippen molar-refractivity contribution in [1.29, 1.82) is 0 Å². The van der Waals surface area contributed by atoms with Gasteiger partial charge in [0.15, 0.2) is 0 Å². The fourth-order valence-corrected chi connectivity index (χ4v) is 3.34. The molecule has 0 unspecified atom stereocenters. The molecule has 0 spiro atoms. The normalized spacial score (nSPS) is 24.8. The summed E-state index contributed by atoms with van der Waals surface area (Å²) in [5.74, 6) is 0.588. The molecule has 2 aliphatic heterocycles. The van der Waals surface area contributed by atoms with Gasteiger partial charge in [0.25, 0.3) is 0 Å². The minimum absolute atomic E-state index is 0.0232. The number of anilines is 1. The Morgan fingerprint density at radius 2 is 1.96 bits per heavy atom. The number of hydrogen-bond donors (Lipinski definition) is 1. The number of carbonyl (C=O) groups is 1. The second-order valence-corrected chi connectivity index (χ2v) is 6.69. The highest BCUT2D eigenvalue weighted by Crippen LogP contribution is 2.23. The van der Waals surface area contributed by atoms with E-state index >= 15 is 0 Å². The molecule has 0 saturated carbocycles. The molecule has 2 fully saturated rings. The van der Waals surface area contributed by atoms with Crippen LogP contribution in [0.2, 0.25) is 0 Å². The monoisotopic (exact) mass is 330 g/mol. The fraction of sp³-hybridized carbons (Fsp3) is 0.526. The molecular weight excluding hydrogens is 304 g/mol. The molecule has 3 rings (SSSR count). The SMILES string of the molecule is C[C@@H]1CN(C(=O)/C=C/c2ccc(N3CCOCC3)cc2)C[C@H]1CO. The average Bonchev–Trinajstić information content (AvgIpc) is 3.02. The van der Waals surface area contributed by atoms with Gasteiger partial charge in [0.2, 0.25) is 5.91 Å². The number of nitrogens with zero attached hydrogens (tertiary/aromatic N) is 2. The molecule has 1 aromatic rings. The van der Waals surface area contributed by atoms with Gasteiger partial charge in [-0.05, 0) is 29.7 Å². The third-order valence-electron chi connectivity index (χ3n) is 5.00. The largest absolute Gasteiger partial charge is 0.396 e. The number of aliphatic hydroxyl groups excluding tert-OH is 1. The number of likely N-dealkylation sites (tertiary alicyclic amines) is 1. The van der Waals surface area contributed by atoms with Crippen molar-refractivity contribution in [2.24, 2.45) is 11.8 Å². The second-order valence-electron chi connectivity index (χ2n) is 6.69. The van der Waals surface area contributed by atoms with Crippen molar-refractivity contribution < 1.29 is 14.6 Å². The molecule has 1 amide bonds. The van der Waals surface area contributed by atoms with E-state index in [2.05, 4.69) is 24.0 Å². The van der Waals surface area contributed by atoms with Crippen LogP contribution in [0.25, 0.3) is 6.08 Å². The summed E-state index contributed by atoms with van der Waals surface area (Å²) in [5.41, 5.74) is 2.22. The Morgan fingerprint density at radius 3 is 2.58 bits per heavy atom. The molecule has 2 aliphatic rings. The fourth-order valence-electron chi connectivity index (χ4n) is 3.34. The Morgan fingerprint density at radius 1 is 1.25 bits per heavy atom. The molecule has 0 aromatic heterocycles. The first-order valence-corrected chi connectivity index (χ1v) is 8.68. The molecule has 0 aliphatic carbocycles. The maximum absolute atomic E-state index is 12.3. The average molecular weight is 330 g/mol. The maximum Gasteiger partial charge on any atom is 0.246 e. The summed E-state index contributed by atoms with van der Waals surface area (Å²) < 4.78 is 5.37. The van der Waals surface area contributed by atoms with E-state index in [1.165, 1.54) is 5.69 Å². The number of benzene rings is 1. The standard InChI is InChI=1S/C19H26N2O3/c1-15-12-21(13-17(15)14-22)19(23)7-4-16-2-5-18(6-3-16)20-8-10-24-11-9-20/h2-7,15,17,22H,8-14H2,1H3/b7-4+/t15-,17+/m1/s1. The zero-order chi connectivity index (χ0) is 16.9. The van der Waals surface area contributed by atoms with Crippen LogP contribution in [0.5, 0.6) is 0 Å². The second kappa shape index (κ2) is 7.81. The van der Waals surface area contributed by atoms with Crippen LogP contribution in [0.15, 0.2) is 30.3 Å². The lowest BCUT2D eigenvalue weighted by Crippen LogP contribution is -2.36. The van der Waals surface area contributed by atoms with Crippen LogP contribution in [0.1, 0.15) is 12.5 Å². The van der Waals surface area contributed by atoms with Gasteiger partial charge in [-0.2, -0.15) is 0 Å². The van der Waals surface area contributed by atoms with Crippen LogP contribution in [0.3, 0.4) is 0 Å². The van der Waals surface area contributed by atoms with Crippen LogP contribution >= 0.6 is 0 Å². The predicted octanol–water partition coefficient (Wildman–Crippen LogP) is 1.62. The number of hydrogen-bond acceptors (Lipinski definition) is 4. The van der Waals surface area contributed by atoms with E-state index in [9.17, 15) is 9.90 Å². The lowest BCUT2D eigenvalue weighted by atomic mass is 10.00. The smallest absolute Gasteiger partial charge is 0.246 e. The highest BCUT2D eigenvalue weighted by Gasteiger charge is 2.30. The Bertz CT molecular complexity index is 579. The lowest BCUT2D eigenvalue weighted by Gasteiger charge is -2.28. The molecule has 2 atom stereocenters. The third kappa shape index (κ3) is 3.97. The summed E-state index contributed by atoms with van der Waals surface area (Å²) in [7, 11) is 0. The number of ether oxygens (including phenoxy) is 1. The Labute approximate surface area is 143 Å². The first-order chi connectivity index (χ1) is 11.7. The van der Waals surface area contributed by atoms with Crippen molar-refractivity contribution in [2.75, 3.05) is 50.9 Å². The Balaban J connectivity index is 1.57. The Kier molecular flexibility index (Phi) is 5.53. The summed E-state index contributed by atoms with van der Waals surface area (Å²) in [6, 6.07) is 8.26. The van der Waals surface area contributed by atoms with Crippen molar-refractivity contribution in [3.63, 3.8) is 0 Å². The summed E-state index contributed by atoms with van der Waals surface area (Å²) in [5, 5.41) is 9.31. The topological polar surface area (TPSA) is 53.0 Å². The minimum atomic E-state index is 0.0232. The van der Waals surface area contributed by atoms with Crippen molar-refractivity contribution in [3.05, 3.63) is 35.9 Å². The quantitative estimate of drug-likeness (QED) is 0.853. The van der Waals surface area contributed by atoms with E-state index < -0.39 is 0 Å². The number of aliphatic hydroxyl groups is 1. The van der Waals surface area contributed by atoms with Crippen molar-refractivity contribution >= 4 is 17.7 Å². The van der Waals surface area contributed by atoms with Gasteiger partial charge < -0.3 is 19.6 Å². The van der Waals surface area contributed by atoms with Gasteiger partial charge in [0.05, 0.1) is 13.2 Å². The molecule has 1 N–H and O–H groups in total. The zero-order valence-corrected chi connectivity index (χ0v) is 14.2. The van der Waals surface area contributed by atoms with E-state index in [1.54, 1.807) is 6.08 Å². The number of morpholine rings is 1. The molecule has 130 valence electrons. The molecule has 2 saturated heterocycles. The molecule has 1 aromatic carbocycles. The molecule has 0 radical (unpaired) electrons. The van der Waals surface area contributed by atoms with Crippen LogP contribution < -0.4 is 4.90 Å². The van der Waals surface area contributed by atoms with E-state index in [4.69, 9.17) is 4.74 Å². The van der Waals surface area contributed by atoms with Crippen molar-refractivity contribution in [3.8, 4) is 0 Å². The van der Waals surface area contributed by atoms with Gasteiger partial charge in [0, 0.05) is 50.5 Å². The minimum Gasteiger partial charge on any atom is -0.396 e. The van der Waals surface area contributed by atoms with Gasteiger partial charge in [0.1, 0.15) is 0 Å². The van der Waals surface area contributed by atoms with Gasteiger partial charge >= 0.3 is 0 Å². The van der Waals surface area contributed by atoms with E-state index in [-0.39, 0.29) is 18.4 Å². The van der Waals surface area contributed by atoms with Gasteiger partial charge in [-0.15, -0.1) is 0 Å². The maximum atomic E-state index is 12.3. The van der Waals surface area contributed by atoms with Crippen LogP contribution in [-0.4, -0.2) is 61.9 Å².